The molecule has 0 unspecified atom stereocenters. The molecule has 3 heterocycles. The quantitative estimate of drug-likeness (QED) is 0.357. The molecule has 0 saturated heterocycles. The topological polar surface area (TPSA) is 115 Å². The van der Waals surface area contributed by atoms with Crippen LogP contribution in [0.25, 0.3) is 28.2 Å². The summed E-state index contributed by atoms with van der Waals surface area (Å²) in [7, 11) is 0. The second-order valence-corrected chi connectivity index (χ2v) is 8.32. The van der Waals surface area contributed by atoms with Crippen molar-refractivity contribution in [2.75, 3.05) is 0 Å². The van der Waals surface area contributed by atoms with Crippen LogP contribution in [0.1, 0.15) is 31.0 Å². The summed E-state index contributed by atoms with van der Waals surface area (Å²) in [6.45, 7) is 2.56. The van der Waals surface area contributed by atoms with Gasteiger partial charge in [0.15, 0.2) is 5.82 Å². The van der Waals surface area contributed by atoms with Gasteiger partial charge in [-0.2, -0.15) is 0 Å². The van der Waals surface area contributed by atoms with Gasteiger partial charge >= 0.3 is 5.69 Å². The van der Waals surface area contributed by atoms with Gasteiger partial charge in [0, 0.05) is 35.4 Å². The molecular weight excluding hydrogens is 442 g/mol. The van der Waals surface area contributed by atoms with Crippen LogP contribution in [0, 0.1) is 0 Å². The molecule has 0 fully saturated rings. The Hall–Kier alpha value is -4.53. The predicted molar refractivity (Wildman–Crippen MR) is 132 cm³/mol. The van der Waals surface area contributed by atoms with Crippen LogP contribution in [0.3, 0.4) is 0 Å². The SMILES string of the molecule is CCCCc1cn(-c2ccccc2O)c(=O)n1Cc1ccc(-c2cnccc2-c2nnn[nH]2)cc1. The first-order valence-electron chi connectivity index (χ1n) is 11.5. The Balaban J connectivity index is 1.47. The van der Waals surface area contributed by atoms with E-state index in [0.29, 0.717) is 18.1 Å². The molecule has 9 nitrogen and oxygen atoms in total. The molecule has 0 saturated carbocycles. The Labute approximate surface area is 201 Å². The third kappa shape index (κ3) is 4.48. The van der Waals surface area contributed by atoms with E-state index in [1.54, 1.807) is 35.2 Å². The van der Waals surface area contributed by atoms with Crippen LogP contribution < -0.4 is 5.69 Å². The molecule has 3 aromatic heterocycles. The van der Waals surface area contributed by atoms with Crippen molar-refractivity contribution in [3.8, 4) is 34.0 Å². The number of phenols is 1. The Bertz CT molecular complexity index is 1490. The Morgan fingerprint density at radius 3 is 2.60 bits per heavy atom. The number of pyridine rings is 1. The van der Waals surface area contributed by atoms with E-state index in [1.165, 1.54) is 4.57 Å². The van der Waals surface area contributed by atoms with Crippen LogP contribution in [-0.2, 0) is 13.0 Å². The molecule has 35 heavy (non-hydrogen) atoms. The maximum Gasteiger partial charge on any atom is 0.333 e. The molecule has 5 rings (SSSR count). The van der Waals surface area contributed by atoms with Gasteiger partial charge in [-0.05, 0) is 52.6 Å². The molecule has 5 aromatic rings. The Kier molecular flexibility index (Phi) is 6.21. The molecule has 0 aliphatic rings. The summed E-state index contributed by atoms with van der Waals surface area (Å²) < 4.78 is 3.31. The first kappa shape index (κ1) is 22.3. The van der Waals surface area contributed by atoms with Gasteiger partial charge in [0.05, 0.1) is 12.2 Å². The number of rotatable bonds is 8. The number of phenolic OH excluding ortho intramolecular Hbond substituents is 1. The highest BCUT2D eigenvalue weighted by Gasteiger charge is 2.15. The van der Waals surface area contributed by atoms with Crippen molar-refractivity contribution in [3.63, 3.8) is 0 Å². The second-order valence-electron chi connectivity index (χ2n) is 8.32. The Morgan fingerprint density at radius 1 is 1.03 bits per heavy atom. The minimum Gasteiger partial charge on any atom is -0.506 e. The smallest absolute Gasteiger partial charge is 0.333 e. The van der Waals surface area contributed by atoms with E-state index in [1.807, 2.05) is 42.6 Å². The summed E-state index contributed by atoms with van der Waals surface area (Å²) >= 11 is 0. The molecule has 0 radical (unpaired) electrons. The number of hydrogen-bond donors (Lipinski definition) is 2. The molecule has 0 aliphatic carbocycles. The lowest BCUT2D eigenvalue weighted by Gasteiger charge is -2.10. The number of tetrazole rings is 1. The van der Waals surface area contributed by atoms with Gasteiger partial charge in [0.2, 0.25) is 0 Å². The maximum absolute atomic E-state index is 13.4. The fourth-order valence-electron chi connectivity index (χ4n) is 4.17. The van der Waals surface area contributed by atoms with Crippen molar-refractivity contribution >= 4 is 0 Å². The minimum atomic E-state index is -0.172. The first-order valence-corrected chi connectivity index (χ1v) is 11.5. The number of imidazole rings is 1. The normalized spacial score (nSPS) is 11.1. The zero-order valence-corrected chi connectivity index (χ0v) is 19.3. The predicted octanol–water partition coefficient (Wildman–Crippen LogP) is 3.98. The van der Waals surface area contributed by atoms with Crippen LogP contribution in [-0.4, -0.2) is 39.8 Å². The van der Waals surface area contributed by atoms with Crippen molar-refractivity contribution in [2.24, 2.45) is 0 Å². The molecule has 0 atom stereocenters. The van der Waals surface area contributed by atoms with Crippen molar-refractivity contribution in [3.05, 3.63) is 94.9 Å². The van der Waals surface area contributed by atoms with E-state index in [4.69, 9.17) is 0 Å². The number of unbranched alkanes of at least 4 members (excludes halogenated alkanes) is 1. The van der Waals surface area contributed by atoms with Crippen LogP contribution >= 0.6 is 0 Å². The van der Waals surface area contributed by atoms with E-state index < -0.39 is 0 Å². The van der Waals surface area contributed by atoms with Crippen molar-refractivity contribution in [2.45, 2.75) is 32.7 Å². The third-order valence-corrected chi connectivity index (χ3v) is 6.02. The maximum atomic E-state index is 13.4. The summed E-state index contributed by atoms with van der Waals surface area (Å²) in [5.74, 6) is 0.650. The van der Waals surface area contributed by atoms with Crippen LogP contribution in [0.15, 0.2) is 78.0 Å². The lowest BCUT2D eigenvalue weighted by molar-refractivity contribution is 0.471. The minimum absolute atomic E-state index is 0.0763. The Morgan fingerprint density at radius 2 is 1.86 bits per heavy atom. The lowest BCUT2D eigenvalue weighted by Crippen LogP contribution is -2.24. The highest BCUT2D eigenvalue weighted by molar-refractivity contribution is 5.79. The number of nitrogens with zero attached hydrogens (tertiary/aromatic N) is 6. The average molecular weight is 468 g/mol. The molecule has 0 aliphatic heterocycles. The number of para-hydroxylation sites is 2. The first-order chi connectivity index (χ1) is 17.2. The van der Waals surface area contributed by atoms with Crippen LogP contribution in [0.4, 0.5) is 0 Å². The van der Waals surface area contributed by atoms with E-state index in [0.717, 1.165) is 47.2 Å². The zero-order chi connectivity index (χ0) is 24.2. The number of H-pyrrole nitrogens is 1. The number of aromatic nitrogens is 7. The fourth-order valence-corrected chi connectivity index (χ4v) is 4.17. The molecule has 0 spiro atoms. The number of hydrogen-bond acceptors (Lipinski definition) is 6. The van der Waals surface area contributed by atoms with Gasteiger partial charge in [0.25, 0.3) is 0 Å². The molecule has 176 valence electrons. The van der Waals surface area contributed by atoms with Gasteiger partial charge in [-0.25, -0.2) is 9.89 Å². The molecule has 2 aromatic carbocycles. The highest BCUT2D eigenvalue weighted by Crippen LogP contribution is 2.29. The fraction of sp³-hybridized carbons (Fsp3) is 0.192. The number of aromatic amines is 1. The molecule has 9 heteroatoms. The van der Waals surface area contributed by atoms with E-state index in [-0.39, 0.29) is 11.4 Å². The van der Waals surface area contributed by atoms with E-state index in [2.05, 4.69) is 32.5 Å². The van der Waals surface area contributed by atoms with Crippen LogP contribution in [0.5, 0.6) is 5.75 Å². The van der Waals surface area contributed by atoms with Gasteiger partial charge in [-0.15, -0.1) is 5.10 Å². The standard InChI is InChI=1S/C26H25N7O2/c1-2-3-6-20-17-33(23-7-4-5-8-24(23)34)26(35)32(20)16-18-9-11-19(12-10-18)22-15-27-14-13-21(22)25-28-30-31-29-25/h4-5,7-15,17,34H,2-3,6,16H2,1H3,(H,28,29,30,31). The van der Waals surface area contributed by atoms with Gasteiger partial charge < -0.3 is 5.11 Å². The zero-order valence-electron chi connectivity index (χ0n) is 19.3. The summed E-state index contributed by atoms with van der Waals surface area (Å²) in [5.41, 5.74) is 4.98. The van der Waals surface area contributed by atoms with Gasteiger partial charge in [-0.1, -0.05) is 49.7 Å². The molecule has 0 amide bonds. The summed E-state index contributed by atoms with van der Waals surface area (Å²) in [5, 5.41) is 24.5. The number of aromatic hydroxyl groups is 1. The largest absolute Gasteiger partial charge is 0.506 e. The van der Waals surface area contributed by atoms with Crippen molar-refractivity contribution in [1.29, 1.82) is 0 Å². The summed E-state index contributed by atoms with van der Waals surface area (Å²) in [4.78, 5) is 17.6. The van der Waals surface area contributed by atoms with E-state index >= 15 is 0 Å². The monoisotopic (exact) mass is 467 g/mol. The second kappa shape index (κ2) is 9.76. The van der Waals surface area contributed by atoms with Crippen molar-refractivity contribution < 1.29 is 5.11 Å². The summed E-state index contributed by atoms with van der Waals surface area (Å²) in [6.07, 6.45) is 8.12. The van der Waals surface area contributed by atoms with Gasteiger partial charge in [-0.3, -0.25) is 14.1 Å². The number of aryl methyl sites for hydroxylation is 1. The number of nitrogens with one attached hydrogen (secondary N) is 1. The van der Waals surface area contributed by atoms with Crippen LogP contribution in [0.2, 0.25) is 0 Å². The molecule has 0 bridgehead atoms. The highest BCUT2D eigenvalue weighted by atomic mass is 16.3. The van der Waals surface area contributed by atoms with Gasteiger partial charge in [0.1, 0.15) is 5.75 Å². The van der Waals surface area contributed by atoms with E-state index in [9.17, 15) is 9.90 Å². The molecular formula is C26H25N7O2. The van der Waals surface area contributed by atoms with Crippen molar-refractivity contribution in [1.82, 2.24) is 34.7 Å². The number of benzene rings is 2. The average Bonchev–Trinajstić information content (AvgIpc) is 3.53. The molecule has 2 N–H and O–H groups in total. The third-order valence-electron chi connectivity index (χ3n) is 6.02. The summed E-state index contributed by atoms with van der Waals surface area (Å²) in [6, 6.07) is 16.8. The lowest BCUT2D eigenvalue weighted by atomic mass is 10.0.